The molecule has 1 aliphatic carbocycles. The number of carboxylic acids is 1. The van der Waals surface area contributed by atoms with Gasteiger partial charge in [-0.25, -0.2) is 4.79 Å². The summed E-state index contributed by atoms with van der Waals surface area (Å²) >= 11 is 0. The Labute approximate surface area is 83.9 Å². The average molecular weight is 199 g/mol. The van der Waals surface area contributed by atoms with E-state index < -0.39 is 5.97 Å². The minimum Gasteiger partial charge on any atom is -0.479 e. The van der Waals surface area contributed by atoms with Crippen molar-refractivity contribution in [1.29, 1.82) is 0 Å². The van der Waals surface area contributed by atoms with Crippen LogP contribution < -0.4 is 0 Å². The predicted octanol–water partition coefficient (Wildman–Crippen LogP) is 1.90. The molecule has 2 unspecified atom stereocenters. The monoisotopic (exact) mass is 199 g/mol. The van der Waals surface area contributed by atoms with Gasteiger partial charge in [0.15, 0.2) is 0 Å². The molecule has 4 heteroatoms. The lowest BCUT2D eigenvalue weighted by molar-refractivity contribution is -0.142. The molecular weight excluding hydrogens is 182 g/mol. The Bertz CT molecular complexity index is 226. The summed E-state index contributed by atoms with van der Waals surface area (Å²) in [6.07, 6.45) is 3.09. The first-order valence-corrected chi connectivity index (χ1v) is 4.97. The molecule has 1 saturated carbocycles. The smallest absolute Gasteiger partial charge is 0.344 e. The van der Waals surface area contributed by atoms with E-state index in [1.807, 2.05) is 0 Å². The van der Waals surface area contributed by atoms with Crippen LogP contribution in [0.25, 0.3) is 0 Å². The highest BCUT2D eigenvalue weighted by molar-refractivity contribution is 5.85. The fourth-order valence-electron chi connectivity index (χ4n) is 1.99. The lowest BCUT2D eigenvalue weighted by atomic mass is 9.82. The molecule has 1 N–H and O–H groups in total. The third kappa shape index (κ3) is 3.77. The van der Waals surface area contributed by atoms with Crippen LogP contribution in [0.2, 0.25) is 0 Å². The number of oxime groups is 1. The number of aliphatic carboxylic acids is 1. The Kier molecular flexibility index (Phi) is 3.92. The van der Waals surface area contributed by atoms with Gasteiger partial charge in [-0.2, -0.15) is 0 Å². The largest absolute Gasteiger partial charge is 0.479 e. The first-order chi connectivity index (χ1) is 6.58. The summed E-state index contributed by atoms with van der Waals surface area (Å²) in [7, 11) is 0. The molecule has 0 aromatic rings. The highest BCUT2D eigenvalue weighted by Crippen LogP contribution is 2.26. The van der Waals surface area contributed by atoms with Crippen molar-refractivity contribution in [3.05, 3.63) is 0 Å². The number of carboxylic acid groups (broad SMARTS) is 1. The van der Waals surface area contributed by atoms with Gasteiger partial charge < -0.3 is 9.94 Å². The van der Waals surface area contributed by atoms with Crippen LogP contribution in [0.4, 0.5) is 0 Å². The van der Waals surface area contributed by atoms with E-state index in [0.29, 0.717) is 11.8 Å². The van der Waals surface area contributed by atoms with Gasteiger partial charge in [0.2, 0.25) is 6.61 Å². The standard InChI is InChI=1S/C10H17NO3/c1-7-3-8(2)5-9(4-7)11-14-6-10(12)13/h7-8H,3-6H2,1-2H3,(H,12,13). The molecular formula is C10H17NO3. The summed E-state index contributed by atoms with van der Waals surface area (Å²) in [4.78, 5) is 14.9. The molecule has 0 aliphatic heterocycles. The van der Waals surface area contributed by atoms with Crippen LogP contribution in [0.1, 0.15) is 33.1 Å². The number of hydrogen-bond acceptors (Lipinski definition) is 3. The molecule has 0 aromatic heterocycles. The van der Waals surface area contributed by atoms with Crippen molar-refractivity contribution in [1.82, 2.24) is 0 Å². The van der Waals surface area contributed by atoms with Gasteiger partial charge in [0, 0.05) is 0 Å². The lowest BCUT2D eigenvalue weighted by Crippen LogP contribution is -2.20. The maximum atomic E-state index is 10.2. The fraction of sp³-hybridized carbons (Fsp3) is 0.800. The minimum absolute atomic E-state index is 0.341. The van der Waals surface area contributed by atoms with Crippen LogP contribution in [-0.2, 0) is 9.63 Å². The third-order valence-electron chi connectivity index (χ3n) is 2.35. The summed E-state index contributed by atoms with van der Waals surface area (Å²) < 4.78 is 0. The van der Waals surface area contributed by atoms with E-state index in [-0.39, 0.29) is 6.61 Å². The Hall–Kier alpha value is -1.06. The number of carbonyl (C=O) groups is 1. The summed E-state index contributed by atoms with van der Waals surface area (Å²) in [5.74, 6) is 0.281. The van der Waals surface area contributed by atoms with Gasteiger partial charge in [-0.15, -0.1) is 0 Å². The SMILES string of the molecule is CC1CC(=NOCC(=O)O)CC(C)C1. The fourth-order valence-corrected chi connectivity index (χ4v) is 1.99. The van der Waals surface area contributed by atoms with Gasteiger partial charge in [0.1, 0.15) is 0 Å². The Morgan fingerprint density at radius 3 is 2.57 bits per heavy atom. The van der Waals surface area contributed by atoms with Crippen molar-refractivity contribution in [2.24, 2.45) is 17.0 Å². The zero-order valence-corrected chi connectivity index (χ0v) is 8.69. The third-order valence-corrected chi connectivity index (χ3v) is 2.35. The molecule has 1 fully saturated rings. The number of hydrogen-bond donors (Lipinski definition) is 1. The molecule has 14 heavy (non-hydrogen) atoms. The highest BCUT2D eigenvalue weighted by atomic mass is 16.6. The van der Waals surface area contributed by atoms with Crippen LogP contribution in [0.5, 0.6) is 0 Å². The molecule has 1 rings (SSSR count). The second kappa shape index (κ2) is 4.98. The van der Waals surface area contributed by atoms with Crippen molar-refractivity contribution >= 4 is 11.7 Å². The zero-order chi connectivity index (χ0) is 10.6. The first-order valence-electron chi connectivity index (χ1n) is 4.97. The maximum Gasteiger partial charge on any atom is 0.344 e. The van der Waals surface area contributed by atoms with Crippen LogP contribution in [0, 0.1) is 11.8 Å². The molecule has 0 bridgehead atoms. The molecule has 2 atom stereocenters. The average Bonchev–Trinajstić information content (AvgIpc) is 2.01. The van der Waals surface area contributed by atoms with Crippen molar-refractivity contribution in [2.45, 2.75) is 33.1 Å². The molecule has 0 heterocycles. The topological polar surface area (TPSA) is 58.9 Å². The number of rotatable bonds is 3. The molecule has 80 valence electrons. The maximum absolute atomic E-state index is 10.2. The molecule has 0 amide bonds. The molecule has 0 spiro atoms. The summed E-state index contributed by atoms with van der Waals surface area (Å²) in [5, 5.41) is 12.2. The van der Waals surface area contributed by atoms with E-state index in [9.17, 15) is 4.79 Å². The predicted molar refractivity (Wildman–Crippen MR) is 53.2 cm³/mol. The molecule has 0 aromatic carbocycles. The Morgan fingerprint density at radius 2 is 2.07 bits per heavy atom. The van der Waals surface area contributed by atoms with E-state index in [0.717, 1.165) is 18.6 Å². The molecule has 0 saturated heterocycles. The van der Waals surface area contributed by atoms with Crippen LogP contribution >= 0.6 is 0 Å². The van der Waals surface area contributed by atoms with E-state index >= 15 is 0 Å². The van der Waals surface area contributed by atoms with Crippen molar-refractivity contribution in [3.8, 4) is 0 Å². The summed E-state index contributed by atoms with van der Waals surface area (Å²) in [5.41, 5.74) is 0.998. The van der Waals surface area contributed by atoms with E-state index in [1.165, 1.54) is 6.42 Å². The number of nitrogens with zero attached hydrogens (tertiary/aromatic N) is 1. The quantitative estimate of drug-likeness (QED) is 0.706. The van der Waals surface area contributed by atoms with Crippen LogP contribution in [-0.4, -0.2) is 23.4 Å². The van der Waals surface area contributed by atoms with Crippen LogP contribution in [0.3, 0.4) is 0 Å². The van der Waals surface area contributed by atoms with Gasteiger partial charge in [-0.3, -0.25) is 0 Å². The zero-order valence-electron chi connectivity index (χ0n) is 8.69. The summed E-state index contributed by atoms with van der Waals surface area (Å²) in [6, 6.07) is 0. The highest BCUT2D eigenvalue weighted by Gasteiger charge is 2.20. The van der Waals surface area contributed by atoms with E-state index in [1.54, 1.807) is 0 Å². The summed E-state index contributed by atoms with van der Waals surface area (Å²) in [6.45, 7) is 4.02. The van der Waals surface area contributed by atoms with Crippen molar-refractivity contribution < 1.29 is 14.7 Å². The van der Waals surface area contributed by atoms with Gasteiger partial charge in [-0.05, 0) is 31.1 Å². The van der Waals surface area contributed by atoms with E-state index in [4.69, 9.17) is 9.94 Å². The van der Waals surface area contributed by atoms with Gasteiger partial charge in [-0.1, -0.05) is 19.0 Å². The normalized spacial score (nSPS) is 27.1. The van der Waals surface area contributed by atoms with Gasteiger partial charge in [0.25, 0.3) is 0 Å². The second-order valence-corrected chi connectivity index (χ2v) is 4.18. The minimum atomic E-state index is -0.980. The van der Waals surface area contributed by atoms with Gasteiger partial charge in [0.05, 0.1) is 5.71 Å². The van der Waals surface area contributed by atoms with Crippen molar-refractivity contribution in [3.63, 3.8) is 0 Å². The Morgan fingerprint density at radius 1 is 1.50 bits per heavy atom. The first kappa shape index (κ1) is 11.0. The lowest BCUT2D eigenvalue weighted by Gasteiger charge is -2.24. The van der Waals surface area contributed by atoms with Gasteiger partial charge >= 0.3 is 5.97 Å². The molecule has 4 nitrogen and oxygen atoms in total. The molecule has 1 aliphatic rings. The molecule has 0 radical (unpaired) electrons. The Balaban J connectivity index is 2.38. The second-order valence-electron chi connectivity index (χ2n) is 4.18. The van der Waals surface area contributed by atoms with E-state index in [2.05, 4.69) is 19.0 Å². The van der Waals surface area contributed by atoms with Crippen molar-refractivity contribution in [2.75, 3.05) is 6.61 Å². The van der Waals surface area contributed by atoms with Crippen LogP contribution in [0.15, 0.2) is 5.16 Å².